The van der Waals surface area contributed by atoms with Crippen molar-refractivity contribution in [3.8, 4) is 0 Å². The topological polar surface area (TPSA) is 50.9 Å². The maximum atomic E-state index is 5.54. The van der Waals surface area contributed by atoms with Gasteiger partial charge in [-0.15, -0.1) is 0 Å². The number of nitrogens with zero attached hydrogens (tertiary/aromatic N) is 1. The Labute approximate surface area is 95.7 Å². The third-order valence-electron chi connectivity index (χ3n) is 2.76. The van der Waals surface area contributed by atoms with E-state index in [4.69, 9.17) is 5.84 Å². The van der Waals surface area contributed by atoms with E-state index in [0.29, 0.717) is 0 Å². The van der Waals surface area contributed by atoms with Gasteiger partial charge in [-0.2, -0.15) is 0 Å². The van der Waals surface area contributed by atoms with Gasteiger partial charge in [0.25, 0.3) is 0 Å². The lowest BCUT2D eigenvalue weighted by molar-refractivity contribution is 0.500. The fraction of sp³-hybridized carbons (Fsp3) is 0.308. The maximum absolute atomic E-state index is 5.54. The van der Waals surface area contributed by atoms with E-state index in [-0.39, 0.29) is 6.04 Å². The van der Waals surface area contributed by atoms with Crippen molar-refractivity contribution in [2.45, 2.75) is 25.8 Å². The summed E-state index contributed by atoms with van der Waals surface area (Å²) in [7, 11) is 0. The van der Waals surface area contributed by atoms with Gasteiger partial charge in [0, 0.05) is 5.39 Å². The predicted molar refractivity (Wildman–Crippen MR) is 66.7 cm³/mol. The quantitative estimate of drug-likeness (QED) is 0.608. The van der Waals surface area contributed by atoms with Crippen molar-refractivity contribution in [3.05, 3.63) is 42.1 Å². The third-order valence-corrected chi connectivity index (χ3v) is 2.76. The summed E-state index contributed by atoms with van der Waals surface area (Å²) >= 11 is 0. The molecule has 0 bridgehead atoms. The van der Waals surface area contributed by atoms with Crippen molar-refractivity contribution in [2.75, 3.05) is 0 Å². The highest BCUT2D eigenvalue weighted by Gasteiger charge is 2.09. The van der Waals surface area contributed by atoms with Crippen LogP contribution in [0.3, 0.4) is 0 Å². The van der Waals surface area contributed by atoms with Crippen LogP contribution in [-0.4, -0.2) is 4.98 Å². The number of rotatable bonds is 4. The lowest BCUT2D eigenvalue weighted by Gasteiger charge is -2.14. The lowest BCUT2D eigenvalue weighted by Crippen LogP contribution is -2.28. The molecule has 0 amide bonds. The Hall–Kier alpha value is -1.45. The molecule has 2 aromatic rings. The molecule has 3 N–H and O–H groups in total. The number of hydrogen-bond donors (Lipinski definition) is 2. The fourth-order valence-electron chi connectivity index (χ4n) is 1.88. The van der Waals surface area contributed by atoms with Gasteiger partial charge in [-0.25, -0.2) is 0 Å². The molecule has 1 aromatic heterocycles. The Bertz CT molecular complexity index is 467. The molecule has 16 heavy (non-hydrogen) atoms. The molecule has 1 aromatic carbocycles. The van der Waals surface area contributed by atoms with E-state index < -0.39 is 0 Å². The molecule has 0 saturated heterocycles. The van der Waals surface area contributed by atoms with Gasteiger partial charge in [0.1, 0.15) is 0 Å². The summed E-state index contributed by atoms with van der Waals surface area (Å²) in [5.41, 5.74) is 4.86. The van der Waals surface area contributed by atoms with E-state index in [9.17, 15) is 0 Å². The van der Waals surface area contributed by atoms with E-state index in [1.165, 1.54) is 5.39 Å². The highest BCUT2D eigenvalue weighted by Crippen LogP contribution is 2.19. The molecule has 3 nitrogen and oxygen atoms in total. The van der Waals surface area contributed by atoms with E-state index in [1.54, 1.807) is 0 Å². The third kappa shape index (κ3) is 2.21. The molecule has 0 fully saturated rings. The molecule has 3 heteroatoms. The van der Waals surface area contributed by atoms with Crippen LogP contribution in [0.15, 0.2) is 36.4 Å². The van der Waals surface area contributed by atoms with Crippen molar-refractivity contribution in [1.29, 1.82) is 0 Å². The summed E-state index contributed by atoms with van der Waals surface area (Å²) in [4.78, 5) is 4.62. The first kappa shape index (κ1) is 11.0. The van der Waals surface area contributed by atoms with Crippen LogP contribution >= 0.6 is 0 Å². The van der Waals surface area contributed by atoms with Crippen molar-refractivity contribution in [1.82, 2.24) is 10.4 Å². The minimum atomic E-state index is 0.148. The van der Waals surface area contributed by atoms with Crippen LogP contribution < -0.4 is 11.3 Å². The number of fused-ring (bicyclic) bond motifs is 1. The number of benzene rings is 1. The standard InChI is InChI=1S/C13H17N3/c1-2-5-13(16-14)12-9-8-10-6-3-4-7-11(10)15-12/h3-4,6-9,13,16H,2,5,14H2,1H3. The molecule has 0 aliphatic carbocycles. The minimum absolute atomic E-state index is 0.148. The highest BCUT2D eigenvalue weighted by atomic mass is 15.2. The van der Waals surface area contributed by atoms with Crippen molar-refractivity contribution < 1.29 is 0 Å². The summed E-state index contributed by atoms with van der Waals surface area (Å²) in [6.45, 7) is 2.14. The fourth-order valence-corrected chi connectivity index (χ4v) is 1.88. The molecular formula is C13H17N3. The average molecular weight is 215 g/mol. The molecular weight excluding hydrogens is 198 g/mol. The van der Waals surface area contributed by atoms with Gasteiger partial charge < -0.3 is 0 Å². The van der Waals surface area contributed by atoms with Crippen LogP contribution in [0.5, 0.6) is 0 Å². The number of hydrazine groups is 1. The summed E-state index contributed by atoms with van der Waals surface area (Å²) < 4.78 is 0. The van der Waals surface area contributed by atoms with Crippen molar-refractivity contribution >= 4 is 10.9 Å². The lowest BCUT2D eigenvalue weighted by atomic mass is 10.1. The van der Waals surface area contributed by atoms with Crippen LogP contribution in [0.4, 0.5) is 0 Å². The van der Waals surface area contributed by atoms with Crippen molar-refractivity contribution in [3.63, 3.8) is 0 Å². The number of aromatic nitrogens is 1. The number of pyridine rings is 1. The van der Waals surface area contributed by atoms with E-state index in [1.807, 2.05) is 24.3 Å². The van der Waals surface area contributed by atoms with Gasteiger partial charge in [-0.1, -0.05) is 37.6 Å². The van der Waals surface area contributed by atoms with E-state index in [2.05, 4.69) is 29.5 Å². The molecule has 0 aliphatic heterocycles. The number of para-hydroxylation sites is 1. The smallest absolute Gasteiger partial charge is 0.0706 e. The Morgan fingerprint density at radius 3 is 2.81 bits per heavy atom. The first-order valence-corrected chi connectivity index (χ1v) is 5.67. The molecule has 0 saturated carbocycles. The first-order chi connectivity index (χ1) is 7.85. The van der Waals surface area contributed by atoms with Crippen LogP contribution in [-0.2, 0) is 0 Å². The largest absolute Gasteiger partial charge is 0.271 e. The Balaban J connectivity index is 2.37. The zero-order valence-electron chi connectivity index (χ0n) is 9.48. The summed E-state index contributed by atoms with van der Waals surface area (Å²) in [6.07, 6.45) is 2.09. The number of nitrogens with two attached hydrogens (primary N) is 1. The van der Waals surface area contributed by atoms with Crippen molar-refractivity contribution in [2.24, 2.45) is 5.84 Å². The number of nitrogens with one attached hydrogen (secondary N) is 1. The monoisotopic (exact) mass is 215 g/mol. The second-order valence-electron chi connectivity index (χ2n) is 3.94. The van der Waals surface area contributed by atoms with Gasteiger partial charge >= 0.3 is 0 Å². The molecule has 2 rings (SSSR count). The molecule has 0 spiro atoms. The molecule has 1 unspecified atom stereocenters. The summed E-state index contributed by atoms with van der Waals surface area (Å²) in [6, 6.07) is 12.4. The molecule has 1 atom stereocenters. The zero-order valence-corrected chi connectivity index (χ0v) is 9.48. The second-order valence-corrected chi connectivity index (χ2v) is 3.94. The van der Waals surface area contributed by atoms with Crippen LogP contribution in [0, 0.1) is 0 Å². The number of hydrogen-bond acceptors (Lipinski definition) is 3. The van der Waals surface area contributed by atoms with E-state index in [0.717, 1.165) is 24.1 Å². The van der Waals surface area contributed by atoms with Gasteiger partial charge in [0.15, 0.2) is 0 Å². The Morgan fingerprint density at radius 2 is 2.06 bits per heavy atom. The van der Waals surface area contributed by atoms with Gasteiger partial charge in [0.2, 0.25) is 0 Å². The second kappa shape index (κ2) is 5.05. The first-order valence-electron chi connectivity index (χ1n) is 5.67. The Morgan fingerprint density at radius 1 is 1.25 bits per heavy atom. The molecule has 0 radical (unpaired) electrons. The van der Waals surface area contributed by atoms with Gasteiger partial charge in [0.05, 0.1) is 17.3 Å². The van der Waals surface area contributed by atoms with E-state index >= 15 is 0 Å². The highest BCUT2D eigenvalue weighted by molar-refractivity contribution is 5.78. The molecule has 84 valence electrons. The van der Waals surface area contributed by atoms with Gasteiger partial charge in [-0.05, 0) is 18.6 Å². The SMILES string of the molecule is CCCC(NN)c1ccc2ccccc2n1. The average Bonchev–Trinajstić information content (AvgIpc) is 2.35. The van der Waals surface area contributed by atoms with Gasteiger partial charge in [-0.3, -0.25) is 16.3 Å². The predicted octanol–water partition coefficient (Wildman–Crippen LogP) is 2.54. The maximum Gasteiger partial charge on any atom is 0.0706 e. The van der Waals surface area contributed by atoms with Crippen LogP contribution in [0.1, 0.15) is 31.5 Å². The minimum Gasteiger partial charge on any atom is -0.271 e. The summed E-state index contributed by atoms with van der Waals surface area (Å²) in [5.74, 6) is 5.54. The zero-order chi connectivity index (χ0) is 11.4. The summed E-state index contributed by atoms with van der Waals surface area (Å²) in [5, 5.41) is 1.17. The van der Waals surface area contributed by atoms with Crippen LogP contribution in [0.25, 0.3) is 10.9 Å². The normalized spacial score (nSPS) is 12.9. The van der Waals surface area contributed by atoms with Crippen LogP contribution in [0.2, 0.25) is 0 Å². The molecule has 1 heterocycles. The Kier molecular flexibility index (Phi) is 3.49. The molecule has 0 aliphatic rings.